The first-order valence-corrected chi connectivity index (χ1v) is 4.61. The average Bonchev–Trinajstić information content (AvgIpc) is 2.56. The van der Waals surface area contributed by atoms with Gasteiger partial charge in [-0.1, -0.05) is 0 Å². The Morgan fingerprint density at radius 2 is 2.12 bits per heavy atom. The van der Waals surface area contributed by atoms with E-state index in [0.717, 1.165) is 0 Å². The molecule has 1 N–H and O–H groups in total. The highest BCUT2D eigenvalue weighted by Gasteiger charge is 2.15. The first-order valence-electron chi connectivity index (χ1n) is 4.61. The van der Waals surface area contributed by atoms with Gasteiger partial charge in [0.2, 0.25) is 0 Å². The largest absolute Gasteiger partial charge is 0.497 e. The number of benzene rings is 1. The number of aryl methyl sites for hydroxylation is 1. The smallest absolute Gasteiger partial charge is 0.352 e. The van der Waals surface area contributed by atoms with Gasteiger partial charge < -0.3 is 14.4 Å². The number of aromatic nitrogens is 1. The van der Waals surface area contributed by atoms with Gasteiger partial charge in [-0.15, -0.1) is 0 Å². The van der Waals surface area contributed by atoms with Crippen molar-refractivity contribution in [2.45, 2.75) is 0 Å². The Kier molecular flexibility index (Phi) is 2.30. The van der Waals surface area contributed by atoms with Gasteiger partial charge in [0.05, 0.1) is 12.6 Å². The topological polar surface area (TPSA) is 51.5 Å². The summed E-state index contributed by atoms with van der Waals surface area (Å²) in [5.41, 5.74) is 0.306. The zero-order valence-corrected chi connectivity index (χ0v) is 8.82. The van der Waals surface area contributed by atoms with E-state index >= 15 is 0 Å². The Morgan fingerprint density at radius 3 is 2.69 bits per heavy atom. The van der Waals surface area contributed by atoms with Crippen LogP contribution < -0.4 is 4.74 Å². The predicted octanol–water partition coefficient (Wildman–Crippen LogP) is 2.02. The second kappa shape index (κ2) is 3.52. The number of ether oxygens (including phenoxy) is 1. The van der Waals surface area contributed by atoms with Crippen molar-refractivity contribution in [3.63, 3.8) is 0 Å². The van der Waals surface area contributed by atoms with E-state index in [4.69, 9.17) is 9.84 Å². The number of carboxylic acid groups (broad SMARTS) is 1. The zero-order chi connectivity index (χ0) is 11.9. The second-order valence-electron chi connectivity index (χ2n) is 3.44. The maximum absolute atomic E-state index is 13.7. The van der Waals surface area contributed by atoms with Crippen LogP contribution in [0.15, 0.2) is 18.2 Å². The predicted molar refractivity (Wildman–Crippen MR) is 56.4 cm³/mol. The van der Waals surface area contributed by atoms with Gasteiger partial charge in [-0.3, -0.25) is 0 Å². The van der Waals surface area contributed by atoms with Crippen molar-refractivity contribution in [1.29, 1.82) is 0 Å². The summed E-state index contributed by atoms with van der Waals surface area (Å²) in [6, 6.07) is 4.25. The Bertz CT molecular complexity index is 574. The molecule has 2 rings (SSSR count). The van der Waals surface area contributed by atoms with E-state index in [1.165, 1.54) is 30.9 Å². The van der Waals surface area contributed by atoms with E-state index in [2.05, 4.69) is 0 Å². The number of rotatable bonds is 2. The highest BCUT2D eigenvalue weighted by molar-refractivity contribution is 5.95. The Morgan fingerprint density at radius 1 is 1.44 bits per heavy atom. The van der Waals surface area contributed by atoms with Gasteiger partial charge in [0.1, 0.15) is 11.4 Å². The molecule has 0 fully saturated rings. The molecule has 0 atom stereocenters. The lowest BCUT2D eigenvalue weighted by Crippen LogP contribution is -2.04. The summed E-state index contributed by atoms with van der Waals surface area (Å²) in [4.78, 5) is 10.9. The minimum Gasteiger partial charge on any atom is -0.497 e. The molecule has 5 heteroatoms. The van der Waals surface area contributed by atoms with Gasteiger partial charge >= 0.3 is 5.97 Å². The maximum atomic E-state index is 13.7. The number of hydrogen-bond donors (Lipinski definition) is 1. The summed E-state index contributed by atoms with van der Waals surface area (Å²) in [6.45, 7) is 0. The fourth-order valence-corrected chi connectivity index (χ4v) is 1.75. The van der Waals surface area contributed by atoms with Crippen LogP contribution >= 0.6 is 0 Å². The number of methoxy groups -OCH3 is 1. The van der Waals surface area contributed by atoms with E-state index in [1.807, 2.05) is 0 Å². The number of carboxylic acids is 1. The van der Waals surface area contributed by atoms with Crippen molar-refractivity contribution < 1.29 is 19.0 Å². The van der Waals surface area contributed by atoms with Crippen LogP contribution in [0.3, 0.4) is 0 Å². The molecule has 1 aromatic heterocycles. The fraction of sp³-hybridized carbons (Fsp3) is 0.182. The van der Waals surface area contributed by atoms with Crippen molar-refractivity contribution in [3.05, 3.63) is 29.7 Å². The summed E-state index contributed by atoms with van der Waals surface area (Å²) in [6.07, 6.45) is 0. The number of aromatic carboxylic acids is 1. The maximum Gasteiger partial charge on any atom is 0.352 e. The number of hydrogen-bond acceptors (Lipinski definition) is 2. The van der Waals surface area contributed by atoms with Gasteiger partial charge in [0.15, 0.2) is 5.82 Å². The molecule has 0 unspecified atom stereocenters. The molecule has 1 heterocycles. The van der Waals surface area contributed by atoms with E-state index in [-0.39, 0.29) is 11.2 Å². The molecule has 0 aliphatic carbocycles. The molecule has 0 amide bonds. The molecule has 0 spiro atoms. The molecule has 4 nitrogen and oxygen atoms in total. The lowest BCUT2D eigenvalue weighted by atomic mass is 10.2. The third-order valence-electron chi connectivity index (χ3n) is 2.51. The normalized spacial score (nSPS) is 10.7. The summed E-state index contributed by atoms with van der Waals surface area (Å²) >= 11 is 0. The van der Waals surface area contributed by atoms with Crippen LogP contribution in [0.1, 0.15) is 10.5 Å². The van der Waals surface area contributed by atoms with Crippen LogP contribution in [0.2, 0.25) is 0 Å². The van der Waals surface area contributed by atoms with E-state index in [0.29, 0.717) is 11.1 Å². The Labute approximate surface area is 90.9 Å². The summed E-state index contributed by atoms with van der Waals surface area (Å²) in [5, 5.41) is 9.42. The third-order valence-corrected chi connectivity index (χ3v) is 2.51. The summed E-state index contributed by atoms with van der Waals surface area (Å²) in [7, 11) is 2.95. The standard InChI is InChI=1S/C11H10FNO3/c1-13-9(11(14)15)4-6-3-7(16-2)5-8(12)10(6)13/h3-5H,1-2H3,(H,14,15). The van der Waals surface area contributed by atoms with Crippen molar-refractivity contribution >= 4 is 16.9 Å². The highest BCUT2D eigenvalue weighted by Crippen LogP contribution is 2.26. The van der Waals surface area contributed by atoms with Crippen molar-refractivity contribution in [1.82, 2.24) is 4.57 Å². The first-order chi connectivity index (χ1) is 7.54. The van der Waals surface area contributed by atoms with Gasteiger partial charge in [-0.2, -0.15) is 0 Å². The van der Waals surface area contributed by atoms with Crippen molar-refractivity contribution in [2.24, 2.45) is 7.05 Å². The average molecular weight is 223 g/mol. The molecule has 84 valence electrons. The zero-order valence-electron chi connectivity index (χ0n) is 8.82. The first kappa shape index (κ1) is 10.5. The minimum atomic E-state index is -1.09. The van der Waals surface area contributed by atoms with Crippen molar-refractivity contribution in [2.75, 3.05) is 7.11 Å². The number of carbonyl (C=O) groups is 1. The third kappa shape index (κ3) is 1.41. The molecular weight excluding hydrogens is 213 g/mol. The van der Waals surface area contributed by atoms with E-state index < -0.39 is 11.8 Å². The van der Waals surface area contributed by atoms with Gasteiger partial charge in [-0.05, 0) is 12.1 Å². The van der Waals surface area contributed by atoms with Crippen LogP contribution in [-0.2, 0) is 7.05 Å². The van der Waals surface area contributed by atoms with Crippen LogP contribution in [0.25, 0.3) is 10.9 Å². The highest BCUT2D eigenvalue weighted by atomic mass is 19.1. The second-order valence-corrected chi connectivity index (χ2v) is 3.44. The molecule has 16 heavy (non-hydrogen) atoms. The number of halogens is 1. The van der Waals surface area contributed by atoms with Crippen molar-refractivity contribution in [3.8, 4) is 5.75 Å². The minimum absolute atomic E-state index is 0.0437. The fourth-order valence-electron chi connectivity index (χ4n) is 1.75. The molecular formula is C11H10FNO3. The quantitative estimate of drug-likeness (QED) is 0.847. The van der Waals surface area contributed by atoms with Gasteiger partial charge in [-0.25, -0.2) is 9.18 Å². The van der Waals surface area contributed by atoms with Gasteiger partial charge in [0, 0.05) is 18.5 Å². The number of nitrogens with zero attached hydrogens (tertiary/aromatic N) is 1. The molecule has 0 bridgehead atoms. The summed E-state index contributed by atoms with van der Waals surface area (Å²) < 4.78 is 19.9. The molecule has 2 aromatic rings. The Hall–Kier alpha value is -2.04. The molecule has 1 aromatic carbocycles. The molecule has 0 aliphatic heterocycles. The summed E-state index contributed by atoms with van der Waals surface area (Å²) in [5.74, 6) is -1.21. The molecule has 0 saturated carbocycles. The lowest BCUT2D eigenvalue weighted by molar-refractivity contribution is 0.0687. The van der Waals surface area contributed by atoms with Crippen LogP contribution in [0, 0.1) is 5.82 Å². The molecule has 0 radical (unpaired) electrons. The van der Waals surface area contributed by atoms with Crippen LogP contribution in [0.4, 0.5) is 4.39 Å². The SMILES string of the molecule is COc1cc(F)c2c(c1)cc(C(=O)O)n2C. The Balaban J connectivity index is 2.80. The van der Waals surface area contributed by atoms with Crippen LogP contribution in [0.5, 0.6) is 5.75 Å². The molecule has 0 saturated heterocycles. The monoisotopic (exact) mass is 223 g/mol. The van der Waals surface area contributed by atoms with Gasteiger partial charge in [0.25, 0.3) is 0 Å². The van der Waals surface area contributed by atoms with E-state index in [9.17, 15) is 9.18 Å². The lowest BCUT2D eigenvalue weighted by Gasteiger charge is -2.03. The van der Waals surface area contributed by atoms with Crippen LogP contribution in [-0.4, -0.2) is 22.8 Å². The molecule has 0 aliphatic rings. The number of fused-ring (bicyclic) bond motifs is 1. The van der Waals surface area contributed by atoms with E-state index in [1.54, 1.807) is 6.07 Å².